The standard InChI is InChI=1S/C27H29F6N9O2/c1-26(29,30)19-4-2-3-18(9-19)11-36-25(43)24-15-41(40-38-24)8-6-21(28)13-42-14-23(37-39-42)16-44-17-34-12-22-10-20(5-7-35-22)27(31,32)33/h2-5,7,9-10,14-15,21,34H,6,8,11-13,16-17H2,1H3,(H,36,43). The number of amides is 1. The van der Waals surface area contributed by atoms with Gasteiger partial charge in [-0.1, -0.05) is 28.6 Å². The monoisotopic (exact) mass is 625 g/mol. The van der Waals surface area contributed by atoms with Crippen molar-refractivity contribution < 1.29 is 35.9 Å². The number of alkyl halides is 6. The highest BCUT2D eigenvalue weighted by Gasteiger charge is 2.30. The molecule has 4 rings (SSSR count). The molecule has 0 saturated heterocycles. The lowest BCUT2D eigenvalue weighted by Gasteiger charge is -2.12. The van der Waals surface area contributed by atoms with Crippen molar-refractivity contribution in [3.05, 3.63) is 88.8 Å². The van der Waals surface area contributed by atoms with Crippen molar-refractivity contribution in [3.63, 3.8) is 0 Å². The molecule has 1 aromatic carbocycles. The topological polar surface area (TPSA) is 125 Å². The molecule has 3 aromatic heterocycles. The van der Waals surface area contributed by atoms with E-state index in [0.29, 0.717) is 11.3 Å². The first-order chi connectivity index (χ1) is 20.9. The van der Waals surface area contributed by atoms with Gasteiger partial charge in [-0.05, 0) is 23.8 Å². The molecular formula is C27H29F6N9O2. The SMILES string of the molecule is CC(F)(F)c1cccc(CNC(=O)c2cn(CCC(F)Cn3cc(COCNCc4cc(C(F)(F)F)ccn4)nn3)nn2)c1. The Labute approximate surface area is 247 Å². The van der Waals surface area contributed by atoms with Crippen LogP contribution in [0.3, 0.4) is 0 Å². The van der Waals surface area contributed by atoms with E-state index in [-0.39, 0.29) is 62.9 Å². The number of nitrogens with zero attached hydrogens (tertiary/aromatic N) is 7. The molecule has 17 heteroatoms. The van der Waals surface area contributed by atoms with Crippen LogP contribution in [0.2, 0.25) is 0 Å². The molecule has 1 unspecified atom stereocenters. The highest BCUT2D eigenvalue weighted by atomic mass is 19.4. The molecule has 0 spiro atoms. The Bertz CT molecular complexity index is 1520. The Morgan fingerprint density at radius 3 is 2.55 bits per heavy atom. The second-order valence-corrected chi connectivity index (χ2v) is 9.91. The Kier molecular flexibility index (Phi) is 10.6. The number of carbonyl (C=O) groups excluding carboxylic acids is 1. The van der Waals surface area contributed by atoms with E-state index in [1.54, 1.807) is 6.07 Å². The number of carbonyl (C=O) groups is 1. The molecule has 44 heavy (non-hydrogen) atoms. The molecule has 3 heterocycles. The minimum Gasteiger partial charge on any atom is -0.360 e. The van der Waals surface area contributed by atoms with E-state index in [1.165, 1.54) is 40.0 Å². The van der Waals surface area contributed by atoms with Gasteiger partial charge in [0.2, 0.25) is 0 Å². The first kappa shape index (κ1) is 32.5. The lowest BCUT2D eigenvalue weighted by molar-refractivity contribution is -0.137. The summed E-state index contributed by atoms with van der Waals surface area (Å²) in [7, 11) is 0. The van der Waals surface area contributed by atoms with E-state index in [2.05, 4.69) is 36.2 Å². The zero-order chi connectivity index (χ0) is 31.7. The Morgan fingerprint density at radius 1 is 0.977 bits per heavy atom. The van der Waals surface area contributed by atoms with Gasteiger partial charge in [-0.2, -0.15) is 13.2 Å². The molecule has 0 fully saturated rings. The lowest BCUT2D eigenvalue weighted by atomic mass is 10.1. The molecule has 0 aliphatic carbocycles. The molecule has 1 atom stereocenters. The number of pyridine rings is 1. The largest absolute Gasteiger partial charge is 0.416 e. The number of nitrogens with one attached hydrogen (secondary N) is 2. The van der Waals surface area contributed by atoms with E-state index in [0.717, 1.165) is 25.3 Å². The summed E-state index contributed by atoms with van der Waals surface area (Å²) in [4.78, 5) is 16.3. The van der Waals surface area contributed by atoms with Gasteiger partial charge in [0.05, 0.1) is 43.5 Å². The van der Waals surface area contributed by atoms with E-state index < -0.39 is 29.7 Å². The van der Waals surface area contributed by atoms with Crippen molar-refractivity contribution in [1.82, 2.24) is 45.6 Å². The van der Waals surface area contributed by atoms with E-state index >= 15 is 0 Å². The molecule has 236 valence electrons. The van der Waals surface area contributed by atoms with Gasteiger partial charge < -0.3 is 10.1 Å². The number of aryl methyl sites for hydroxylation is 1. The van der Waals surface area contributed by atoms with Crippen LogP contribution in [-0.4, -0.2) is 53.8 Å². The predicted octanol–water partition coefficient (Wildman–Crippen LogP) is 4.02. The minimum atomic E-state index is -4.45. The van der Waals surface area contributed by atoms with Crippen LogP contribution in [0.4, 0.5) is 26.3 Å². The molecular weight excluding hydrogens is 596 g/mol. The predicted molar refractivity (Wildman–Crippen MR) is 142 cm³/mol. The Morgan fingerprint density at radius 2 is 1.77 bits per heavy atom. The van der Waals surface area contributed by atoms with Crippen molar-refractivity contribution >= 4 is 5.91 Å². The number of halogens is 6. The summed E-state index contributed by atoms with van der Waals surface area (Å²) in [5.41, 5.74) is 0.186. The van der Waals surface area contributed by atoms with Crippen LogP contribution >= 0.6 is 0 Å². The third-order valence-corrected chi connectivity index (χ3v) is 6.21. The molecule has 1 amide bonds. The average molecular weight is 626 g/mol. The summed E-state index contributed by atoms with van der Waals surface area (Å²) < 4.78 is 88.0. The average Bonchev–Trinajstić information content (AvgIpc) is 3.64. The molecule has 0 saturated carbocycles. The normalized spacial score (nSPS) is 12.8. The van der Waals surface area contributed by atoms with Gasteiger partial charge >= 0.3 is 6.18 Å². The van der Waals surface area contributed by atoms with Gasteiger partial charge in [-0.25, -0.2) is 17.9 Å². The molecule has 4 aromatic rings. The molecule has 2 N–H and O–H groups in total. The summed E-state index contributed by atoms with van der Waals surface area (Å²) in [6.45, 7) is 0.967. The quantitative estimate of drug-likeness (QED) is 0.115. The first-order valence-electron chi connectivity index (χ1n) is 13.4. The molecule has 0 radical (unpaired) electrons. The highest BCUT2D eigenvalue weighted by molar-refractivity contribution is 5.91. The fourth-order valence-corrected chi connectivity index (χ4v) is 3.96. The van der Waals surface area contributed by atoms with Crippen LogP contribution < -0.4 is 10.6 Å². The van der Waals surface area contributed by atoms with Crippen LogP contribution in [-0.2, 0) is 49.6 Å². The Balaban J connectivity index is 1.14. The fourth-order valence-electron chi connectivity index (χ4n) is 3.96. The number of aromatic nitrogens is 7. The zero-order valence-corrected chi connectivity index (χ0v) is 23.4. The molecule has 0 bridgehead atoms. The maximum atomic E-state index is 14.6. The van der Waals surface area contributed by atoms with Crippen LogP contribution in [0, 0.1) is 0 Å². The van der Waals surface area contributed by atoms with Crippen molar-refractivity contribution in [2.75, 3.05) is 6.73 Å². The fraction of sp³-hybridized carbons (Fsp3) is 0.407. The second-order valence-electron chi connectivity index (χ2n) is 9.91. The lowest BCUT2D eigenvalue weighted by Crippen LogP contribution is -2.23. The maximum Gasteiger partial charge on any atom is 0.416 e. The maximum absolute atomic E-state index is 14.6. The summed E-state index contributed by atoms with van der Waals surface area (Å²) in [6.07, 6.45) is -1.77. The summed E-state index contributed by atoms with van der Waals surface area (Å²) in [6, 6.07) is 7.56. The third kappa shape index (κ3) is 9.84. The van der Waals surface area contributed by atoms with Crippen molar-refractivity contribution in [3.8, 4) is 0 Å². The van der Waals surface area contributed by atoms with Gasteiger partial charge in [0.25, 0.3) is 11.8 Å². The van der Waals surface area contributed by atoms with Gasteiger partial charge in [-0.3, -0.25) is 19.8 Å². The van der Waals surface area contributed by atoms with Gasteiger partial charge in [0.15, 0.2) is 5.69 Å². The van der Waals surface area contributed by atoms with Crippen molar-refractivity contribution in [2.45, 2.75) is 64.4 Å². The van der Waals surface area contributed by atoms with Crippen LogP contribution in [0.5, 0.6) is 0 Å². The van der Waals surface area contributed by atoms with Gasteiger partial charge in [0.1, 0.15) is 11.9 Å². The Hall–Kier alpha value is -4.38. The van der Waals surface area contributed by atoms with Crippen molar-refractivity contribution in [2.24, 2.45) is 0 Å². The zero-order valence-electron chi connectivity index (χ0n) is 23.4. The molecule has 0 aliphatic heterocycles. The van der Waals surface area contributed by atoms with Crippen LogP contribution in [0.1, 0.15) is 51.9 Å². The highest BCUT2D eigenvalue weighted by Crippen LogP contribution is 2.29. The third-order valence-electron chi connectivity index (χ3n) is 6.21. The van der Waals surface area contributed by atoms with Gasteiger partial charge in [0, 0.05) is 44.7 Å². The minimum absolute atomic E-state index is 0.00104. The second kappa shape index (κ2) is 14.4. The molecule has 11 nitrogen and oxygen atoms in total. The van der Waals surface area contributed by atoms with Crippen molar-refractivity contribution in [1.29, 1.82) is 0 Å². The van der Waals surface area contributed by atoms with Gasteiger partial charge in [-0.15, -0.1) is 10.2 Å². The van der Waals surface area contributed by atoms with Crippen LogP contribution in [0.15, 0.2) is 55.0 Å². The number of hydrogen-bond donors (Lipinski definition) is 2. The summed E-state index contributed by atoms with van der Waals surface area (Å²) in [5, 5.41) is 20.8. The van der Waals surface area contributed by atoms with E-state index in [1.807, 2.05) is 0 Å². The number of rotatable bonds is 15. The number of ether oxygens (including phenoxy) is 1. The number of benzene rings is 1. The smallest absolute Gasteiger partial charge is 0.360 e. The summed E-state index contributed by atoms with van der Waals surface area (Å²) in [5.74, 6) is -3.55. The first-order valence-corrected chi connectivity index (χ1v) is 13.4. The summed E-state index contributed by atoms with van der Waals surface area (Å²) >= 11 is 0. The van der Waals surface area contributed by atoms with Crippen LogP contribution in [0.25, 0.3) is 0 Å². The molecule has 0 aliphatic rings. The van der Waals surface area contributed by atoms with E-state index in [9.17, 15) is 31.1 Å². The van der Waals surface area contributed by atoms with E-state index in [4.69, 9.17) is 4.74 Å². The number of hydrogen-bond acceptors (Lipinski definition) is 8.